The first-order chi connectivity index (χ1) is 10.3. The van der Waals surface area contributed by atoms with E-state index in [1.165, 1.54) is 64.2 Å². The van der Waals surface area contributed by atoms with Gasteiger partial charge in [-0.2, -0.15) is 0 Å². The third kappa shape index (κ3) is 5.22. The smallest absolute Gasteiger partial charge is 0.0685 e. The lowest BCUT2D eigenvalue weighted by Crippen LogP contribution is -2.48. The van der Waals surface area contributed by atoms with Gasteiger partial charge in [-0.15, -0.1) is 0 Å². The Kier molecular flexibility index (Phi) is 7.48. The van der Waals surface area contributed by atoms with Gasteiger partial charge in [0.25, 0.3) is 0 Å². The van der Waals surface area contributed by atoms with Gasteiger partial charge >= 0.3 is 0 Å². The van der Waals surface area contributed by atoms with Crippen LogP contribution in [0.3, 0.4) is 0 Å². The second-order valence-electron chi connectivity index (χ2n) is 7.04. The molecule has 124 valence electrons. The van der Waals surface area contributed by atoms with Crippen LogP contribution in [0.15, 0.2) is 0 Å². The fourth-order valence-electron chi connectivity index (χ4n) is 4.24. The lowest BCUT2D eigenvalue weighted by Gasteiger charge is -2.45. The summed E-state index contributed by atoms with van der Waals surface area (Å²) in [4.78, 5) is 0. The zero-order chi connectivity index (χ0) is 15.0. The number of hydrogen-bond donors (Lipinski definition) is 1. The molecule has 3 nitrogen and oxygen atoms in total. The second-order valence-corrected chi connectivity index (χ2v) is 7.04. The highest BCUT2D eigenvalue weighted by atomic mass is 16.5. The van der Waals surface area contributed by atoms with Crippen LogP contribution >= 0.6 is 0 Å². The monoisotopic (exact) mass is 297 g/mol. The van der Waals surface area contributed by atoms with Gasteiger partial charge in [-0.1, -0.05) is 26.2 Å². The second kappa shape index (κ2) is 9.12. The Balaban J connectivity index is 1.90. The van der Waals surface area contributed by atoms with E-state index in [0.29, 0.717) is 6.04 Å². The summed E-state index contributed by atoms with van der Waals surface area (Å²) in [7, 11) is 1.81. The topological polar surface area (TPSA) is 30.5 Å². The highest BCUT2D eigenvalue weighted by Crippen LogP contribution is 2.42. The van der Waals surface area contributed by atoms with Gasteiger partial charge in [0.15, 0.2) is 0 Å². The van der Waals surface area contributed by atoms with Gasteiger partial charge in [0.2, 0.25) is 0 Å². The van der Waals surface area contributed by atoms with Crippen LogP contribution in [0, 0.1) is 5.92 Å². The summed E-state index contributed by atoms with van der Waals surface area (Å²) in [5, 5.41) is 3.81. The Bertz CT molecular complexity index is 271. The third-order valence-electron chi connectivity index (χ3n) is 5.39. The molecule has 1 N–H and O–H groups in total. The first-order valence-electron chi connectivity index (χ1n) is 9.16. The molecule has 0 bridgehead atoms. The predicted molar refractivity (Wildman–Crippen MR) is 87.7 cm³/mol. The van der Waals surface area contributed by atoms with Gasteiger partial charge < -0.3 is 14.8 Å². The first kappa shape index (κ1) is 17.2. The third-order valence-corrected chi connectivity index (χ3v) is 5.39. The molecular weight excluding hydrogens is 262 g/mol. The van der Waals surface area contributed by atoms with E-state index >= 15 is 0 Å². The quantitative estimate of drug-likeness (QED) is 0.689. The minimum atomic E-state index is 0.231. The molecule has 0 amide bonds. The Hall–Kier alpha value is -0.120. The van der Waals surface area contributed by atoms with E-state index in [0.717, 1.165) is 25.7 Å². The van der Waals surface area contributed by atoms with Crippen LogP contribution in [0.2, 0.25) is 0 Å². The summed E-state index contributed by atoms with van der Waals surface area (Å²) < 4.78 is 11.5. The van der Waals surface area contributed by atoms with Crippen molar-refractivity contribution in [3.8, 4) is 0 Å². The summed E-state index contributed by atoms with van der Waals surface area (Å²) in [6.45, 7) is 5.26. The van der Waals surface area contributed by atoms with Gasteiger partial charge in [-0.25, -0.2) is 0 Å². The maximum atomic E-state index is 6.26. The summed E-state index contributed by atoms with van der Waals surface area (Å²) >= 11 is 0. The van der Waals surface area contributed by atoms with Crippen molar-refractivity contribution in [1.29, 1.82) is 0 Å². The van der Waals surface area contributed by atoms with E-state index < -0.39 is 0 Å². The standard InChI is InChI=1S/C18H35NO2/c1-3-12-19-17(8-7-13-20-2)16-9-14-21-18(15-16)10-5-4-6-11-18/h16-17,19H,3-15H2,1-2H3. The van der Waals surface area contributed by atoms with Crippen molar-refractivity contribution in [2.24, 2.45) is 5.92 Å². The molecule has 2 unspecified atom stereocenters. The lowest BCUT2D eigenvalue weighted by atomic mass is 9.73. The Morgan fingerprint density at radius 2 is 2.10 bits per heavy atom. The van der Waals surface area contributed by atoms with Gasteiger partial charge in [-0.05, 0) is 57.4 Å². The average molecular weight is 297 g/mol. The van der Waals surface area contributed by atoms with Crippen molar-refractivity contribution >= 4 is 0 Å². The van der Waals surface area contributed by atoms with Crippen LogP contribution in [0.25, 0.3) is 0 Å². The molecule has 2 atom stereocenters. The number of methoxy groups -OCH3 is 1. The molecule has 1 spiro atoms. The first-order valence-corrected chi connectivity index (χ1v) is 9.16. The van der Waals surface area contributed by atoms with Crippen LogP contribution < -0.4 is 5.32 Å². The Morgan fingerprint density at radius 3 is 2.81 bits per heavy atom. The Morgan fingerprint density at radius 1 is 1.29 bits per heavy atom. The maximum Gasteiger partial charge on any atom is 0.0685 e. The molecule has 2 fully saturated rings. The molecule has 0 aromatic heterocycles. The molecule has 2 aliphatic rings. The minimum Gasteiger partial charge on any atom is -0.385 e. The molecule has 0 aromatic carbocycles. The summed E-state index contributed by atoms with van der Waals surface area (Å²) in [5.74, 6) is 0.792. The molecule has 2 rings (SSSR count). The fraction of sp³-hybridized carbons (Fsp3) is 1.00. The van der Waals surface area contributed by atoms with Crippen molar-refractivity contribution in [2.45, 2.75) is 82.8 Å². The Labute approximate surface area is 131 Å². The number of rotatable bonds is 8. The molecule has 1 aliphatic carbocycles. The maximum absolute atomic E-state index is 6.26. The average Bonchev–Trinajstić information content (AvgIpc) is 2.51. The zero-order valence-corrected chi connectivity index (χ0v) is 14.2. The summed E-state index contributed by atoms with van der Waals surface area (Å²) in [6, 6.07) is 0.655. The van der Waals surface area contributed by atoms with Crippen molar-refractivity contribution in [1.82, 2.24) is 5.32 Å². The molecular formula is C18H35NO2. The normalized spacial score (nSPS) is 26.9. The van der Waals surface area contributed by atoms with Gasteiger partial charge in [0, 0.05) is 26.4 Å². The van der Waals surface area contributed by atoms with E-state index in [2.05, 4.69) is 12.2 Å². The molecule has 1 saturated heterocycles. The van der Waals surface area contributed by atoms with Crippen LogP contribution in [0.5, 0.6) is 0 Å². The number of ether oxygens (including phenoxy) is 2. The fourth-order valence-corrected chi connectivity index (χ4v) is 4.24. The molecule has 3 heteroatoms. The number of nitrogens with one attached hydrogen (secondary N) is 1. The lowest BCUT2D eigenvalue weighted by molar-refractivity contribution is -0.122. The van der Waals surface area contributed by atoms with Crippen molar-refractivity contribution in [3.05, 3.63) is 0 Å². The van der Waals surface area contributed by atoms with E-state index in [9.17, 15) is 0 Å². The van der Waals surface area contributed by atoms with Gasteiger partial charge in [-0.3, -0.25) is 0 Å². The minimum absolute atomic E-state index is 0.231. The molecule has 1 heterocycles. The van der Waals surface area contributed by atoms with Crippen molar-refractivity contribution < 1.29 is 9.47 Å². The molecule has 1 aliphatic heterocycles. The zero-order valence-electron chi connectivity index (χ0n) is 14.2. The van der Waals surface area contributed by atoms with Crippen LogP contribution in [0.4, 0.5) is 0 Å². The van der Waals surface area contributed by atoms with Gasteiger partial charge in [0.05, 0.1) is 5.60 Å². The van der Waals surface area contributed by atoms with Crippen molar-refractivity contribution in [2.75, 3.05) is 26.9 Å². The van der Waals surface area contributed by atoms with E-state index in [4.69, 9.17) is 9.47 Å². The molecule has 0 aromatic rings. The molecule has 0 radical (unpaired) electrons. The SMILES string of the molecule is CCCNC(CCCOC)C1CCOC2(CCCCC2)C1. The highest BCUT2D eigenvalue weighted by molar-refractivity contribution is 4.93. The van der Waals surface area contributed by atoms with Crippen LogP contribution in [-0.2, 0) is 9.47 Å². The predicted octanol–water partition coefficient (Wildman–Crippen LogP) is 3.91. The summed E-state index contributed by atoms with van der Waals surface area (Å²) in [5.41, 5.74) is 0.231. The highest BCUT2D eigenvalue weighted by Gasteiger charge is 2.40. The van der Waals surface area contributed by atoms with Gasteiger partial charge in [0.1, 0.15) is 0 Å². The van der Waals surface area contributed by atoms with Crippen LogP contribution in [0.1, 0.15) is 71.1 Å². The molecule has 1 saturated carbocycles. The molecule has 21 heavy (non-hydrogen) atoms. The van der Waals surface area contributed by atoms with E-state index in [1.807, 2.05) is 0 Å². The van der Waals surface area contributed by atoms with E-state index in [1.54, 1.807) is 7.11 Å². The largest absolute Gasteiger partial charge is 0.385 e. The van der Waals surface area contributed by atoms with Crippen molar-refractivity contribution in [3.63, 3.8) is 0 Å². The van der Waals surface area contributed by atoms with Crippen LogP contribution in [-0.4, -0.2) is 38.5 Å². The summed E-state index contributed by atoms with van der Waals surface area (Å²) in [6.07, 6.45) is 12.9. The van der Waals surface area contributed by atoms with E-state index in [-0.39, 0.29) is 5.60 Å². The number of hydrogen-bond acceptors (Lipinski definition) is 3.